The highest BCUT2D eigenvalue weighted by Gasteiger charge is 2.02. The second-order valence-corrected chi connectivity index (χ2v) is 5.24. The number of pyridine rings is 1. The number of ether oxygens (including phenoxy) is 1. The minimum atomic E-state index is -3.35. The summed E-state index contributed by atoms with van der Waals surface area (Å²) in [6.45, 7) is 2.34. The van der Waals surface area contributed by atoms with Gasteiger partial charge in [0.25, 0.3) is 0 Å². The molecule has 0 aliphatic rings. The van der Waals surface area contributed by atoms with E-state index in [4.69, 9.17) is 9.88 Å². The van der Waals surface area contributed by atoms with Gasteiger partial charge in [0.1, 0.15) is 5.75 Å². The Morgan fingerprint density at radius 2 is 2.19 bits per heavy atom. The molecule has 0 unspecified atom stereocenters. The number of hydrogen-bond donors (Lipinski definition) is 1. The molecule has 0 atom stereocenters. The van der Waals surface area contributed by atoms with Gasteiger partial charge in [-0.3, -0.25) is 4.98 Å². The quantitative estimate of drug-likeness (QED) is 0.752. The first-order chi connectivity index (χ1) is 7.49. The molecule has 0 aliphatic heterocycles. The molecule has 1 aromatic heterocycles. The zero-order valence-electron chi connectivity index (χ0n) is 9.22. The van der Waals surface area contributed by atoms with E-state index in [1.807, 2.05) is 13.0 Å². The van der Waals surface area contributed by atoms with Gasteiger partial charge in [0.2, 0.25) is 10.0 Å². The first-order valence-electron chi connectivity index (χ1n) is 5.04. The maximum Gasteiger partial charge on any atom is 0.209 e. The fourth-order valence-electron chi connectivity index (χ4n) is 1.21. The highest BCUT2D eigenvalue weighted by Crippen LogP contribution is 2.13. The summed E-state index contributed by atoms with van der Waals surface area (Å²) < 4.78 is 26.7. The van der Waals surface area contributed by atoms with Crippen LogP contribution >= 0.6 is 0 Å². The van der Waals surface area contributed by atoms with E-state index >= 15 is 0 Å². The van der Waals surface area contributed by atoms with Crippen LogP contribution in [0.5, 0.6) is 5.75 Å². The summed E-state index contributed by atoms with van der Waals surface area (Å²) in [5.41, 5.74) is 0.828. The van der Waals surface area contributed by atoms with Gasteiger partial charge in [-0.25, -0.2) is 13.6 Å². The van der Waals surface area contributed by atoms with Gasteiger partial charge in [0.15, 0.2) is 0 Å². The molecule has 0 amide bonds. The van der Waals surface area contributed by atoms with Crippen LogP contribution < -0.4 is 9.88 Å². The predicted octanol–water partition coefficient (Wildman–Crippen LogP) is 0.838. The van der Waals surface area contributed by atoms with Gasteiger partial charge in [-0.15, -0.1) is 0 Å². The smallest absolute Gasteiger partial charge is 0.209 e. The van der Waals surface area contributed by atoms with Crippen molar-refractivity contribution >= 4 is 10.0 Å². The highest BCUT2D eigenvalue weighted by atomic mass is 32.2. The van der Waals surface area contributed by atoms with Crippen molar-refractivity contribution in [2.75, 3.05) is 12.4 Å². The van der Waals surface area contributed by atoms with Crippen LogP contribution in [-0.2, 0) is 10.0 Å². The Labute approximate surface area is 95.7 Å². The van der Waals surface area contributed by atoms with Gasteiger partial charge < -0.3 is 4.74 Å². The average Bonchev–Trinajstić information content (AvgIpc) is 2.18. The first-order valence-corrected chi connectivity index (χ1v) is 6.75. The van der Waals surface area contributed by atoms with Crippen molar-refractivity contribution in [3.8, 4) is 5.75 Å². The molecule has 1 rings (SSSR count). The SMILES string of the molecule is Cc1ncccc1OCCCCS(N)(=O)=O. The molecule has 1 aromatic rings. The minimum absolute atomic E-state index is 0.00236. The van der Waals surface area contributed by atoms with Crippen LogP contribution in [0.2, 0.25) is 0 Å². The van der Waals surface area contributed by atoms with Crippen molar-refractivity contribution in [2.24, 2.45) is 5.14 Å². The second-order valence-electron chi connectivity index (χ2n) is 3.51. The Balaban J connectivity index is 2.24. The molecule has 1 heterocycles. The van der Waals surface area contributed by atoms with Crippen LogP contribution in [0, 0.1) is 6.92 Å². The van der Waals surface area contributed by atoms with Crippen LogP contribution in [-0.4, -0.2) is 25.8 Å². The van der Waals surface area contributed by atoms with Gasteiger partial charge >= 0.3 is 0 Å². The zero-order chi connectivity index (χ0) is 12.0. The van der Waals surface area contributed by atoms with E-state index in [-0.39, 0.29) is 5.75 Å². The molecule has 5 nitrogen and oxygen atoms in total. The minimum Gasteiger partial charge on any atom is -0.492 e. The number of unbranched alkanes of at least 4 members (excludes halogenated alkanes) is 1. The highest BCUT2D eigenvalue weighted by molar-refractivity contribution is 7.89. The molecule has 16 heavy (non-hydrogen) atoms. The first kappa shape index (κ1) is 12.9. The molecule has 0 spiro atoms. The normalized spacial score (nSPS) is 11.4. The van der Waals surface area contributed by atoms with Crippen LogP contribution in [0.15, 0.2) is 18.3 Å². The largest absolute Gasteiger partial charge is 0.492 e. The maximum absolute atomic E-state index is 10.6. The van der Waals surface area contributed by atoms with Crippen LogP contribution in [0.1, 0.15) is 18.5 Å². The number of nitrogens with two attached hydrogens (primary N) is 1. The molecule has 0 saturated carbocycles. The molecular formula is C10H16N2O3S. The number of rotatable bonds is 6. The Morgan fingerprint density at radius 3 is 2.81 bits per heavy atom. The van der Waals surface area contributed by atoms with Crippen molar-refractivity contribution < 1.29 is 13.2 Å². The summed E-state index contributed by atoms with van der Waals surface area (Å²) in [4.78, 5) is 4.08. The van der Waals surface area contributed by atoms with Crippen molar-refractivity contribution in [1.82, 2.24) is 4.98 Å². The Kier molecular flexibility index (Phi) is 4.70. The number of primary sulfonamides is 1. The van der Waals surface area contributed by atoms with E-state index in [9.17, 15) is 8.42 Å². The standard InChI is InChI=1S/C10H16N2O3S/c1-9-10(5-4-6-12-9)15-7-2-3-8-16(11,13)14/h4-6H,2-3,7-8H2,1H3,(H2,11,13,14). The third-order valence-corrected chi connectivity index (χ3v) is 2.90. The molecule has 0 saturated heterocycles. The molecule has 2 N–H and O–H groups in total. The van der Waals surface area contributed by atoms with Crippen LogP contribution in [0.3, 0.4) is 0 Å². The third-order valence-electron chi connectivity index (χ3n) is 2.04. The lowest BCUT2D eigenvalue weighted by molar-refractivity contribution is 0.306. The number of nitrogens with zero attached hydrogens (tertiary/aromatic N) is 1. The van der Waals surface area contributed by atoms with Crippen molar-refractivity contribution in [3.05, 3.63) is 24.0 Å². The van der Waals surface area contributed by atoms with Crippen LogP contribution in [0.25, 0.3) is 0 Å². The third kappa shape index (κ3) is 5.09. The second kappa shape index (κ2) is 5.81. The molecule has 6 heteroatoms. The number of aryl methyl sites for hydroxylation is 1. The van der Waals surface area contributed by atoms with Gasteiger partial charge in [-0.1, -0.05) is 0 Å². The van der Waals surface area contributed by atoms with Gasteiger partial charge in [-0.2, -0.15) is 0 Å². The fourth-order valence-corrected chi connectivity index (χ4v) is 1.82. The lowest BCUT2D eigenvalue weighted by Crippen LogP contribution is -2.16. The van der Waals surface area contributed by atoms with Gasteiger partial charge in [0, 0.05) is 6.20 Å². The zero-order valence-corrected chi connectivity index (χ0v) is 10.0. The Morgan fingerprint density at radius 1 is 1.44 bits per heavy atom. The summed E-state index contributed by atoms with van der Waals surface area (Å²) in [5.74, 6) is 0.737. The molecule has 0 aromatic carbocycles. The molecular weight excluding hydrogens is 228 g/mol. The van der Waals surface area contributed by atoms with Crippen molar-refractivity contribution in [1.29, 1.82) is 0 Å². The number of aromatic nitrogens is 1. The summed E-state index contributed by atoms with van der Waals surface area (Å²) >= 11 is 0. The molecule has 90 valence electrons. The van der Waals surface area contributed by atoms with Crippen LogP contribution in [0.4, 0.5) is 0 Å². The molecule has 0 bridgehead atoms. The monoisotopic (exact) mass is 244 g/mol. The van der Waals surface area contributed by atoms with E-state index in [2.05, 4.69) is 4.98 Å². The van der Waals surface area contributed by atoms with Crippen molar-refractivity contribution in [2.45, 2.75) is 19.8 Å². The molecule has 0 radical (unpaired) electrons. The van der Waals surface area contributed by atoms with E-state index in [0.29, 0.717) is 19.4 Å². The lowest BCUT2D eigenvalue weighted by atomic mass is 10.3. The van der Waals surface area contributed by atoms with E-state index in [0.717, 1.165) is 11.4 Å². The van der Waals surface area contributed by atoms with E-state index < -0.39 is 10.0 Å². The number of sulfonamides is 1. The van der Waals surface area contributed by atoms with Gasteiger partial charge in [-0.05, 0) is 31.9 Å². The maximum atomic E-state index is 10.6. The molecule has 0 fully saturated rings. The Bertz CT molecular complexity index is 431. The summed E-state index contributed by atoms with van der Waals surface area (Å²) in [5, 5.41) is 4.87. The lowest BCUT2D eigenvalue weighted by Gasteiger charge is -2.07. The molecule has 0 aliphatic carbocycles. The van der Waals surface area contributed by atoms with E-state index in [1.165, 1.54) is 0 Å². The van der Waals surface area contributed by atoms with E-state index in [1.54, 1.807) is 12.3 Å². The Hall–Kier alpha value is -1.14. The fraction of sp³-hybridized carbons (Fsp3) is 0.500. The predicted molar refractivity (Wildman–Crippen MR) is 61.7 cm³/mol. The van der Waals surface area contributed by atoms with Crippen molar-refractivity contribution in [3.63, 3.8) is 0 Å². The topological polar surface area (TPSA) is 82.3 Å². The summed E-state index contributed by atoms with van der Waals surface area (Å²) in [7, 11) is -3.35. The summed E-state index contributed by atoms with van der Waals surface area (Å²) in [6, 6.07) is 3.63. The van der Waals surface area contributed by atoms with Gasteiger partial charge in [0.05, 0.1) is 18.1 Å². The number of hydrogen-bond acceptors (Lipinski definition) is 4. The summed E-state index contributed by atoms with van der Waals surface area (Å²) in [6.07, 6.45) is 2.87. The average molecular weight is 244 g/mol.